The molecule has 2 aromatic carbocycles. The monoisotopic (exact) mass is 253 g/mol. The van der Waals surface area contributed by atoms with Crippen LogP contribution in [-0.2, 0) is 6.42 Å². The molecule has 2 N–H and O–H groups in total. The van der Waals surface area contributed by atoms with Gasteiger partial charge in [0.2, 0.25) is 0 Å². The van der Waals surface area contributed by atoms with Crippen LogP contribution in [0.2, 0.25) is 0 Å². The second-order valence-corrected chi connectivity index (χ2v) is 4.82. The van der Waals surface area contributed by atoms with Gasteiger partial charge in [-0.25, -0.2) is 0 Å². The summed E-state index contributed by atoms with van der Waals surface area (Å²) in [5.41, 5.74) is 9.89. The minimum absolute atomic E-state index is 0.0257. The Bertz CT molecular complexity index is 662. The molecular weight excluding hydrogens is 238 g/mol. The van der Waals surface area contributed by atoms with Crippen molar-refractivity contribution in [3.8, 4) is 5.75 Å². The highest BCUT2D eigenvalue weighted by atomic mass is 16.5. The van der Waals surface area contributed by atoms with E-state index in [4.69, 9.17) is 10.5 Å². The van der Waals surface area contributed by atoms with Crippen molar-refractivity contribution in [1.29, 1.82) is 0 Å². The number of nitrogens with two attached hydrogens (primary N) is 1. The van der Waals surface area contributed by atoms with E-state index in [0.29, 0.717) is 23.4 Å². The average molecular weight is 253 g/mol. The molecule has 3 nitrogen and oxygen atoms in total. The Morgan fingerprint density at radius 3 is 2.68 bits per heavy atom. The summed E-state index contributed by atoms with van der Waals surface area (Å²) in [5.74, 6) is 0.919. The van der Waals surface area contributed by atoms with Gasteiger partial charge in [-0.05, 0) is 54.4 Å². The molecule has 0 amide bonds. The molecule has 2 aromatic rings. The molecular formula is C16H15NO2. The van der Waals surface area contributed by atoms with Crippen LogP contribution in [0.25, 0.3) is 0 Å². The maximum Gasteiger partial charge on any atom is 0.193 e. The molecule has 19 heavy (non-hydrogen) atoms. The topological polar surface area (TPSA) is 52.3 Å². The van der Waals surface area contributed by atoms with Crippen LogP contribution in [0.1, 0.15) is 27.0 Å². The normalized spacial score (nSPS) is 12.9. The first kappa shape index (κ1) is 11.8. The minimum Gasteiger partial charge on any atom is -0.493 e. The van der Waals surface area contributed by atoms with Gasteiger partial charge in [-0.3, -0.25) is 4.79 Å². The maximum absolute atomic E-state index is 12.4. The van der Waals surface area contributed by atoms with E-state index in [9.17, 15) is 4.79 Å². The Labute approximate surface area is 112 Å². The van der Waals surface area contributed by atoms with E-state index in [1.54, 1.807) is 12.1 Å². The Hall–Kier alpha value is -2.29. The quantitative estimate of drug-likeness (QED) is 0.661. The number of carbonyl (C=O) groups is 1. The van der Waals surface area contributed by atoms with Crippen molar-refractivity contribution in [3.05, 3.63) is 58.7 Å². The molecule has 0 saturated carbocycles. The van der Waals surface area contributed by atoms with E-state index in [2.05, 4.69) is 0 Å². The number of ether oxygens (including phenoxy) is 1. The molecule has 0 aromatic heterocycles. The van der Waals surface area contributed by atoms with E-state index in [0.717, 1.165) is 23.3 Å². The number of aryl methyl sites for hydroxylation is 1. The maximum atomic E-state index is 12.4. The summed E-state index contributed by atoms with van der Waals surface area (Å²) in [6.45, 7) is 2.61. The third kappa shape index (κ3) is 2.08. The molecule has 0 spiro atoms. The first-order valence-electron chi connectivity index (χ1n) is 6.32. The smallest absolute Gasteiger partial charge is 0.193 e. The van der Waals surface area contributed by atoms with Crippen LogP contribution in [0.15, 0.2) is 36.4 Å². The molecule has 0 atom stereocenters. The molecule has 0 saturated heterocycles. The summed E-state index contributed by atoms with van der Waals surface area (Å²) in [6, 6.07) is 11.0. The number of benzene rings is 2. The van der Waals surface area contributed by atoms with Crippen molar-refractivity contribution in [1.82, 2.24) is 0 Å². The Kier molecular flexibility index (Phi) is 2.75. The van der Waals surface area contributed by atoms with Gasteiger partial charge in [0.15, 0.2) is 5.78 Å². The lowest BCUT2D eigenvalue weighted by Gasteiger charge is -2.06. The molecule has 0 radical (unpaired) electrons. The fourth-order valence-corrected chi connectivity index (χ4v) is 2.31. The lowest BCUT2D eigenvalue weighted by molar-refractivity contribution is 0.103. The second-order valence-electron chi connectivity index (χ2n) is 4.82. The average Bonchev–Trinajstić information content (AvgIpc) is 2.88. The Balaban J connectivity index is 1.97. The Morgan fingerprint density at radius 1 is 1.16 bits per heavy atom. The van der Waals surface area contributed by atoms with Gasteiger partial charge in [-0.15, -0.1) is 0 Å². The summed E-state index contributed by atoms with van der Waals surface area (Å²) >= 11 is 0. The molecule has 1 aliphatic heterocycles. The van der Waals surface area contributed by atoms with Crippen molar-refractivity contribution in [2.24, 2.45) is 0 Å². The largest absolute Gasteiger partial charge is 0.493 e. The van der Waals surface area contributed by atoms with Gasteiger partial charge in [-0.2, -0.15) is 0 Å². The van der Waals surface area contributed by atoms with Gasteiger partial charge in [0, 0.05) is 23.2 Å². The number of rotatable bonds is 2. The van der Waals surface area contributed by atoms with E-state index in [-0.39, 0.29) is 5.78 Å². The van der Waals surface area contributed by atoms with Crippen LogP contribution in [-0.4, -0.2) is 12.4 Å². The number of carbonyl (C=O) groups excluding carboxylic acids is 1. The van der Waals surface area contributed by atoms with E-state index >= 15 is 0 Å². The molecule has 0 unspecified atom stereocenters. The molecule has 0 bridgehead atoms. The first-order valence-corrected chi connectivity index (χ1v) is 6.32. The molecule has 3 heteroatoms. The van der Waals surface area contributed by atoms with Crippen LogP contribution < -0.4 is 10.5 Å². The summed E-state index contributed by atoms with van der Waals surface area (Å²) < 4.78 is 5.45. The molecule has 0 aliphatic carbocycles. The van der Waals surface area contributed by atoms with Crippen molar-refractivity contribution in [2.75, 3.05) is 12.3 Å². The van der Waals surface area contributed by atoms with Crippen molar-refractivity contribution < 1.29 is 9.53 Å². The lowest BCUT2D eigenvalue weighted by atomic mass is 9.99. The van der Waals surface area contributed by atoms with Gasteiger partial charge in [0.1, 0.15) is 5.75 Å². The standard InChI is InChI=1S/C16H15NO2/c1-10-8-12(2-4-14(10)17)16(18)13-3-5-15-11(9-13)6-7-19-15/h2-5,8-9H,6-7,17H2,1H3. The predicted octanol–water partition coefficient (Wildman–Crippen LogP) is 2.74. The summed E-state index contributed by atoms with van der Waals surface area (Å²) in [5, 5.41) is 0. The zero-order chi connectivity index (χ0) is 13.4. The Morgan fingerprint density at radius 2 is 1.89 bits per heavy atom. The molecule has 1 heterocycles. The molecule has 3 rings (SSSR count). The second kappa shape index (κ2) is 4.43. The van der Waals surface area contributed by atoms with Gasteiger partial charge in [0.05, 0.1) is 6.61 Å². The molecule has 1 aliphatic rings. The van der Waals surface area contributed by atoms with Crippen LogP contribution in [0.4, 0.5) is 5.69 Å². The van der Waals surface area contributed by atoms with E-state index in [1.807, 2.05) is 31.2 Å². The number of hydrogen-bond donors (Lipinski definition) is 1. The van der Waals surface area contributed by atoms with Crippen molar-refractivity contribution in [2.45, 2.75) is 13.3 Å². The van der Waals surface area contributed by atoms with Gasteiger partial charge in [-0.1, -0.05) is 0 Å². The minimum atomic E-state index is 0.0257. The number of hydrogen-bond acceptors (Lipinski definition) is 3. The first-order chi connectivity index (χ1) is 9.15. The third-order valence-corrected chi connectivity index (χ3v) is 3.48. The number of nitrogen functional groups attached to an aromatic ring is 1. The van der Waals surface area contributed by atoms with Gasteiger partial charge >= 0.3 is 0 Å². The highest BCUT2D eigenvalue weighted by Gasteiger charge is 2.16. The van der Waals surface area contributed by atoms with E-state index < -0.39 is 0 Å². The number of fused-ring (bicyclic) bond motifs is 1. The van der Waals surface area contributed by atoms with Crippen LogP contribution >= 0.6 is 0 Å². The third-order valence-electron chi connectivity index (χ3n) is 3.48. The predicted molar refractivity (Wildman–Crippen MR) is 74.7 cm³/mol. The molecule has 96 valence electrons. The SMILES string of the molecule is Cc1cc(C(=O)c2ccc3c(c2)CCO3)ccc1N. The summed E-state index contributed by atoms with van der Waals surface area (Å²) in [4.78, 5) is 12.4. The van der Waals surface area contributed by atoms with Gasteiger partial charge < -0.3 is 10.5 Å². The number of ketones is 1. The van der Waals surface area contributed by atoms with Crippen molar-refractivity contribution in [3.63, 3.8) is 0 Å². The van der Waals surface area contributed by atoms with Crippen LogP contribution in [0, 0.1) is 6.92 Å². The van der Waals surface area contributed by atoms with Gasteiger partial charge in [0.25, 0.3) is 0 Å². The fourth-order valence-electron chi connectivity index (χ4n) is 2.31. The van der Waals surface area contributed by atoms with Crippen molar-refractivity contribution >= 4 is 11.5 Å². The van der Waals surface area contributed by atoms with E-state index in [1.165, 1.54) is 0 Å². The zero-order valence-electron chi connectivity index (χ0n) is 10.8. The highest BCUT2D eigenvalue weighted by Crippen LogP contribution is 2.27. The molecule has 0 fully saturated rings. The summed E-state index contributed by atoms with van der Waals surface area (Å²) in [7, 11) is 0. The van der Waals surface area contributed by atoms with Crippen LogP contribution in [0.3, 0.4) is 0 Å². The lowest BCUT2D eigenvalue weighted by Crippen LogP contribution is -2.03. The van der Waals surface area contributed by atoms with Crippen LogP contribution in [0.5, 0.6) is 5.75 Å². The fraction of sp³-hybridized carbons (Fsp3) is 0.188. The summed E-state index contributed by atoms with van der Waals surface area (Å²) in [6.07, 6.45) is 0.872. The highest BCUT2D eigenvalue weighted by molar-refractivity contribution is 6.09. The zero-order valence-corrected chi connectivity index (χ0v) is 10.8. The number of anilines is 1.